The van der Waals surface area contributed by atoms with Gasteiger partial charge in [0.15, 0.2) is 0 Å². The second kappa shape index (κ2) is 6.66. The summed E-state index contributed by atoms with van der Waals surface area (Å²) in [6, 6.07) is 0. The quantitative estimate of drug-likeness (QED) is 0.574. The minimum Gasteiger partial charge on any atom is -0.373 e. The van der Waals surface area contributed by atoms with Gasteiger partial charge in [-0.1, -0.05) is 35.1 Å². The van der Waals surface area contributed by atoms with E-state index in [1.54, 1.807) is 0 Å². The molecule has 0 bridgehead atoms. The van der Waals surface area contributed by atoms with Gasteiger partial charge in [0.2, 0.25) is 0 Å². The van der Waals surface area contributed by atoms with Gasteiger partial charge < -0.3 is 4.74 Å². The van der Waals surface area contributed by atoms with E-state index in [0.717, 1.165) is 12.5 Å². The summed E-state index contributed by atoms with van der Waals surface area (Å²) in [6.45, 7) is 5.58. The normalized spacial score (nSPS) is 22.9. The van der Waals surface area contributed by atoms with Gasteiger partial charge in [-0.15, -0.1) is 0 Å². The van der Waals surface area contributed by atoms with E-state index in [-0.39, 0.29) is 14.9 Å². The summed E-state index contributed by atoms with van der Waals surface area (Å²) < 4.78 is 5.10. The average molecular weight is 160 g/mol. The highest BCUT2D eigenvalue weighted by Crippen LogP contribution is 2.19. The predicted molar refractivity (Wildman–Crippen MR) is 51.9 cm³/mol. The van der Waals surface area contributed by atoms with E-state index in [9.17, 15) is 0 Å². The lowest BCUT2D eigenvalue weighted by molar-refractivity contribution is 0.370. The van der Waals surface area contributed by atoms with Crippen LogP contribution < -0.4 is 0 Å². The molecule has 1 fully saturated rings. The maximum atomic E-state index is 5.10. The van der Waals surface area contributed by atoms with E-state index in [1.165, 1.54) is 19.3 Å². The first-order valence-corrected chi connectivity index (χ1v) is 3.94. The minimum atomic E-state index is 0. The molecule has 11 heavy (non-hydrogen) atoms. The van der Waals surface area contributed by atoms with Crippen molar-refractivity contribution in [3.63, 3.8) is 0 Å². The summed E-state index contributed by atoms with van der Waals surface area (Å²) in [5.41, 5.74) is 0. The van der Waals surface area contributed by atoms with Crippen LogP contribution in [0.5, 0.6) is 0 Å². The highest BCUT2D eigenvalue weighted by molar-refractivity contribution is 4.69. The van der Waals surface area contributed by atoms with Crippen LogP contribution in [0, 0.1) is 5.92 Å². The molecule has 0 radical (unpaired) electrons. The number of hydrogen-bond acceptors (Lipinski definition) is 1. The Morgan fingerprint density at radius 1 is 1.45 bits per heavy atom. The first kappa shape index (κ1) is 13.5. The molecule has 2 unspecified atom stereocenters. The standard InChI is InChI=1S/C8H16O.2CH4/c1-3-7(2)4-5-8-6-9-8;;/h7-8H,3-6H2,1-2H3;2*1H4. The van der Waals surface area contributed by atoms with E-state index in [4.69, 9.17) is 4.74 Å². The Morgan fingerprint density at radius 3 is 2.36 bits per heavy atom. The Morgan fingerprint density at radius 2 is 2.00 bits per heavy atom. The van der Waals surface area contributed by atoms with Gasteiger partial charge >= 0.3 is 0 Å². The molecule has 0 spiro atoms. The predicted octanol–water partition coefficient (Wildman–Crippen LogP) is 3.48. The van der Waals surface area contributed by atoms with E-state index >= 15 is 0 Å². The van der Waals surface area contributed by atoms with E-state index < -0.39 is 0 Å². The Bertz CT molecular complexity index is 76.9. The van der Waals surface area contributed by atoms with Crippen LogP contribution >= 0.6 is 0 Å². The molecule has 0 aromatic rings. The smallest absolute Gasteiger partial charge is 0.0810 e. The van der Waals surface area contributed by atoms with Crippen molar-refractivity contribution in [1.29, 1.82) is 0 Å². The lowest BCUT2D eigenvalue weighted by atomic mass is 10.0. The number of hydrogen-bond donors (Lipinski definition) is 0. The van der Waals surface area contributed by atoms with Gasteiger partial charge in [-0.2, -0.15) is 0 Å². The molecule has 0 N–H and O–H groups in total. The van der Waals surface area contributed by atoms with Gasteiger partial charge in [0.25, 0.3) is 0 Å². The fourth-order valence-electron chi connectivity index (χ4n) is 0.909. The summed E-state index contributed by atoms with van der Waals surface area (Å²) >= 11 is 0. The molecule has 1 heterocycles. The Hall–Kier alpha value is -0.0400. The SMILES string of the molecule is C.C.CCC(C)CCC1CO1. The van der Waals surface area contributed by atoms with E-state index in [1.807, 2.05) is 0 Å². The van der Waals surface area contributed by atoms with Gasteiger partial charge in [-0.25, -0.2) is 0 Å². The van der Waals surface area contributed by atoms with Crippen molar-refractivity contribution in [3.05, 3.63) is 0 Å². The van der Waals surface area contributed by atoms with Crippen molar-refractivity contribution in [2.45, 2.75) is 54.1 Å². The van der Waals surface area contributed by atoms with Crippen LogP contribution in [0.25, 0.3) is 0 Å². The zero-order chi connectivity index (χ0) is 6.69. The highest BCUT2D eigenvalue weighted by atomic mass is 16.6. The Labute approximate surface area is 72.1 Å². The molecule has 0 aromatic heterocycles. The van der Waals surface area contributed by atoms with E-state index in [0.29, 0.717) is 6.10 Å². The van der Waals surface area contributed by atoms with Crippen molar-refractivity contribution in [2.24, 2.45) is 5.92 Å². The highest BCUT2D eigenvalue weighted by Gasteiger charge is 2.21. The number of rotatable bonds is 4. The first-order chi connectivity index (χ1) is 4.33. The summed E-state index contributed by atoms with van der Waals surface area (Å²) in [5, 5.41) is 0. The third-order valence-electron chi connectivity index (χ3n) is 2.08. The molecule has 1 aliphatic heterocycles. The summed E-state index contributed by atoms with van der Waals surface area (Å²) in [7, 11) is 0. The Kier molecular flexibility index (Phi) is 8.20. The summed E-state index contributed by atoms with van der Waals surface area (Å²) in [4.78, 5) is 0. The van der Waals surface area contributed by atoms with Gasteiger partial charge in [-0.05, 0) is 18.8 Å². The third-order valence-corrected chi connectivity index (χ3v) is 2.08. The topological polar surface area (TPSA) is 12.5 Å². The molecule has 0 saturated carbocycles. The summed E-state index contributed by atoms with van der Waals surface area (Å²) in [5.74, 6) is 0.897. The second-order valence-electron chi connectivity index (χ2n) is 3.05. The first-order valence-electron chi connectivity index (χ1n) is 3.94. The monoisotopic (exact) mass is 160 g/mol. The summed E-state index contributed by atoms with van der Waals surface area (Å²) in [6.07, 6.45) is 4.59. The Balaban J connectivity index is 0. The molecule has 1 aliphatic rings. The number of epoxide rings is 1. The maximum Gasteiger partial charge on any atom is 0.0810 e. The maximum absolute atomic E-state index is 5.10. The molecule has 70 valence electrons. The molecule has 1 nitrogen and oxygen atoms in total. The van der Waals surface area contributed by atoms with Crippen molar-refractivity contribution < 1.29 is 4.74 Å². The van der Waals surface area contributed by atoms with E-state index in [2.05, 4.69) is 13.8 Å². The molecule has 1 saturated heterocycles. The lowest BCUT2D eigenvalue weighted by Gasteiger charge is -2.04. The zero-order valence-corrected chi connectivity index (χ0v) is 6.39. The lowest BCUT2D eigenvalue weighted by Crippen LogP contribution is -1.94. The molecule has 0 amide bonds. The molecule has 0 aliphatic carbocycles. The van der Waals surface area contributed by atoms with Crippen LogP contribution in [0.1, 0.15) is 48.0 Å². The van der Waals surface area contributed by atoms with Crippen LogP contribution in [0.15, 0.2) is 0 Å². The number of ether oxygens (including phenoxy) is 1. The van der Waals surface area contributed by atoms with Gasteiger partial charge in [0.1, 0.15) is 0 Å². The van der Waals surface area contributed by atoms with Crippen molar-refractivity contribution in [1.82, 2.24) is 0 Å². The molecule has 0 aromatic carbocycles. The molecular formula is C10H24O. The van der Waals surface area contributed by atoms with Crippen LogP contribution in [0.3, 0.4) is 0 Å². The van der Waals surface area contributed by atoms with Gasteiger partial charge in [0, 0.05) is 0 Å². The fourth-order valence-corrected chi connectivity index (χ4v) is 0.909. The molecular weight excluding hydrogens is 136 g/mol. The molecule has 1 heteroatoms. The van der Waals surface area contributed by atoms with Crippen molar-refractivity contribution in [3.8, 4) is 0 Å². The fraction of sp³-hybridized carbons (Fsp3) is 1.00. The van der Waals surface area contributed by atoms with Crippen molar-refractivity contribution >= 4 is 0 Å². The van der Waals surface area contributed by atoms with Crippen LogP contribution in [0.4, 0.5) is 0 Å². The van der Waals surface area contributed by atoms with Crippen LogP contribution in [-0.2, 0) is 4.74 Å². The average Bonchev–Trinajstić information content (AvgIpc) is 2.65. The minimum absolute atomic E-state index is 0. The van der Waals surface area contributed by atoms with Gasteiger partial charge in [-0.3, -0.25) is 0 Å². The van der Waals surface area contributed by atoms with Crippen LogP contribution in [0.2, 0.25) is 0 Å². The molecule has 2 atom stereocenters. The van der Waals surface area contributed by atoms with Crippen molar-refractivity contribution in [2.75, 3.05) is 6.61 Å². The second-order valence-corrected chi connectivity index (χ2v) is 3.05. The zero-order valence-electron chi connectivity index (χ0n) is 6.39. The largest absolute Gasteiger partial charge is 0.373 e. The third kappa shape index (κ3) is 6.36. The van der Waals surface area contributed by atoms with Gasteiger partial charge in [0.05, 0.1) is 12.7 Å². The molecule has 1 rings (SSSR count). The van der Waals surface area contributed by atoms with Crippen LogP contribution in [-0.4, -0.2) is 12.7 Å².